The summed E-state index contributed by atoms with van der Waals surface area (Å²) < 4.78 is 0.303. The number of Topliss-reactive ketones (excluding diaryl/α,β-unsaturated/α-hetero) is 1. The molecular weight excluding hydrogens is 270 g/mol. The lowest BCUT2D eigenvalue weighted by molar-refractivity contribution is -0.926. The second-order valence-electron chi connectivity index (χ2n) is 7.24. The van der Waals surface area contributed by atoms with E-state index in [0.29, 0.717) is 10.9 Å². The van der Waals surface area contributed by atoms with Crippen molar-refractivity contribution in [3.8, 4) is 0 Å². The van der Waals surface area contributed by atoms with Gasteiger partial charge < -0.3 is 14.7 Å². The number of carboxylic acids is 1. The molecule has 5 nitrogen and oxygen atoms in total. The topological polar surface area (TPSA) is 74.6 Å². The molecule has 0 aliphatic carbocycles. The van der Waals surface area contributed by atoms with Crippen LogP contribution in [0.4, 0.5) is 0 Å². The van der Waals surface area contributed by atoms with Crippen LogP contribution in [0.3, 0.4) is 0 Å². The van der Waals surface area contributed by atoms with Crippen molar-refractivity contribution in [2.24, 2.45) is 0 Å². The van der Waals surface area contributed by atoms with Crippen LogP contribution in [0, 0.1) is 0 Å². The predicted octanol–water partition coefficient (Wildman–Crippen LogP) is 2.22. The Labute approximate surface area is 128 Å². The van der Waals surface area contributed by atoms with Gasteiger partial charge in [-0.1, -0.05) is 26.2 Å². The standard InChI is InChI=1S/C16H31NO4/c1-7-8-9-10-11-13(18)16(21,12-14(19)20)15(2,3)17(4,5)6/h21H,7-12H2,1-6H3/p+1. The summed E-state index contributed by atoms with van der Waals surface area (Å²) in [4.78, 5) is 23.7. The summed E-state index contributed by atoms with van der Waals surface area (Å²) in [6.45, 7) is 5.59. The van der Waals surface area contributed by atoms with Crippen molar-refractivity contribution < 1.29 is 24.3 Å². The molecule has 0 aliphatic rings. The average molecular weight is 302 g/mol. The molecule has 124 valence electrons. The van der Waals surface area contributed by atoms with E-state index in [1.54, 1.807) is 13.8 Å². The molecular formula is C16H32NO4+. The summed E-state index contributed by atoms with van der Waals surface area (Å²) in [5.74, 6) is -1.51. The minimum Gasteiger partial charge on any atom is -0.481 e. The Bertz CT molecular complexity index is 371. The highest BCUT2D eigenvalue weighted by molar-refractivity contribution is 5.92. The summed E-state index contributed by atoms with van der Waals surface area (Å²) in [6, 6.07) is 0. The predicted molar refractivity (Wildman–Crippen MR) is 83.1 cm³/mol. The molecule has 0 amide bonds. The largest absolute Gasteiger partial charge is 0.481 e. The van der Waals surface area contributed by atoms with Gasteiger partial charge >= 0.3 is 5.97 Å². The van der Waals surface area contributed by atoms with Gasteiger partial charge in [0.1, 0.15) is 5.54 Å². The number of aliphatic hydroxyl groups is 1. The number of hydrogen-bond acceptors (Lipinski definition) is 3. The third-order valence-electron chi connectivity index (χ3n) is 4.81. The lowest BCUT2D eigenvalue weighted by Crippen LogP contribution is -2.69. The van der Waals surface area contributed by atoms with E-state index in [0.717, 1.165) is 19.3 Å². The first-order valence-corrected chi connectivity index (χ1v) is 7.69. The Kier molecular flexibility index (Phi) is 7.03. The minimum absolute atomic E-state index is 0.229. The Morgan fingerprint density at radius 2 is 1.57 bits per heavy atom. The van der Waals surface area contributed by atoms with Crippen molar-refractivity contribution >= 4 is 11.8 Å². The molecule has 0 aromatic rings. The zero-order chi connectivity index (χ0) is 16.9. The Morgan fingerprint density at radius 3 is 1.95 bits per heavy atom. The van der Waals surface area contributed by atoms with Gasteiger partial charge in [0.2, 0.25) is 0 Å². The van der Waals surface area contributed by atoms with Crippen LogP contribution in [0.5, 0.6) is 0 Å². The summed E-state index contributed by atoms with van der Waals surface area (Å²) in [5, 5.41) is 20.0. The number of rotatable bonds is 10. The normalized spacial score (nSPS) is 15.6. The van der Waals surface area contributed by atoms with Gasteiger partial charge in [0, 0.05) is 6.42 Å². The zero-order valence-corrected chi connectivity index (χ0v) is 14.4. The average Bonchev–Trinajstić information content (AvgIpc) is 2.31. The molecule has 0 fully saturated rings. The highest BCUT2D eigenvalue weighted by atomic mass is 16.4. The fraction of sp³-hybridized carbons (Fsp3) is 0.875. The van der Waals surface area contributed by atoms with E-state index in [1.807, 2.05) is 21.1 Å². The smallest absolute Gasteiger partial charge is 0.307 e. The third-order valence-corrected chi connectivity index (χ3v) is 4.81. The van der Waals surface area contributed by atoms with Crippen LogP contribution in [-0.4, -0.2) is 58.7 Å². The molecule has 0 radical (unpaired) electrons. The molecule has 21 heavy (non-hydrogen) atoms. The molecule has 0 bridgehead atoms. The van der Waals surface area contributed by atoms with Gasteiger partial charge in [-0.05, 0) is 20.3 Å². The number of likely N-dealkylation sites (N-methyl/N-ethyl adjacent to an activating group) is 1. The number of hydrogen-bond donors (Lipinski definition) is 2. The SMILES string of the molecule is CCCCCCC(=O)C(O)(CC(=O)O)C(C)(C)[N+](C)(C)C. The Morgan fingerprint density at radius 1 is 1.05 bits per heavy atom. The first-order chi connectivity index (χ1) is 9.40. The lowest BCUT2D eigenvalue weighted by atomic mass is 9.73. The van der Waals surface area contributed by atoms with Crippen molar-refractivity contribution in [1.82, 2.24) is 0 Å². The third kappa shape index (κ3) is 4.78. The van der Waals surface area contributed by atoms with E-state index in [9.17, 15) is 14.7 Å². The minimum atomic E-state index is -1.86. The summed E-state index contributed by atoms with van der Waals surface area (Å²) in [5.41, 5.74) is -2.75. The Hall–Kier alpha value is -0.940. The number of ketones is 1. The van der Waals surface area contributed by atoms with Gasteiger partial charge in [-0.2, -0.15) is 0 Å². The maximum absolute atomic E-state index is 12.5. The molecule has 0 saturated carbocycles. The summed E-state index contributed by atoms with van der Waals surface area (Å²) >= 11 is 0. The molecule has 0 aromatic carbocycles. The molecule has 0 spiro atoms. The maximum atomic E-state index is 12.5. The van der Waals surface area contributed by atoms with Crippen LogP contribution in [0.2, 0.25) is 0 Å². The zero-order valence-electron chi connectivity index (χ0n) is 14.4. The van der Waals surface area contributed by atoms with Crippen LogP contribution < -0.4 is 0 Å². The highest BCUT2D eigenvalue weighted by Crippen LogP contribution is 2.35. The molecule has 2 N–H and O–H groups in total. The molecule has 0 saturated heterocycles. The van der Waals surface area contributed by atoms with Crippen LogP contribution >= 0.6 is 0 Å². The van der Waals surface area contributed by atoms with E-state index < -0.39 is 23.5 Å². The van der Waals surface area contributed by atoms with Crippen molar-refractivity contribution in [3.05, 3.63) is 0 Å². The molecule has 1 unspecified atom stereocenters. The molecule has 0 aromatic heterocycles. The number of carbonyl (C=O) groups excluding carboxylic acids is 1. The first-order valence-electron chi connectivity index (χ1n) is 7.69. The molecule has 0 rings (SSSR count). The van der Waals surface area contributed by atoms with Crippen molar-refractivity contribution in [2.45, 2.75) is 70.4 Å². The van der Waals surface area contributed by atoms with E-state index in [4.69, 9.17) is 5.11 Å². The lowest BCUT2D eigenvalue weighted by Gasteiger charge is -2.49. The quantitative estimate of drug-likeness (QED) is 0.479. The molecule has 0 heterocycles. The van der Waals surface area contributed by atoms with Crippen molar-refractivity contribution in [1.29, 1.82) is 0 Å². The maximum Gasteiger partial charge on any atom is 0.307 e. The van der Waals surface area contributed by atoms with Crippen LogP contribution in [0.15, 0.2) is 0 Å². The first kappa shape index (κ1) is 20.1. The fourth-order valence-corrected chi connectivity index (χ4v) is 2.35. The van der Waals surface area contributed by atoms with Crippen LogP contribution in [-0.2, 0) is 9.59 Å². The number of nitrogens with zero attached hydrogens (tertiary/aromatic N) is 1. The van der Waals surface area contributed by atoms with Crippen molar-refractivity contribution in [2.75, 3.05) is 21.1 Å². The van der Waals surface area contributed by atoms with Gasteiger partial charge in [-0.15, -0.1) is 0 Å². The van der Waals surface area contributed by atoms with E-state index >= 15 is 0 Å². The highest BCUT2D eigenvalue weighted by Gasteiger charge is 2.57. The summed E-state index contributed by atoms with van der Waals surface area (Å²) in [6.07, 6.45) is 3.41. The summed E-state index contributed by atoms with van der Waals surface area (Å²) in [7, 11) is 5.57. The number of unbranched alkanes of at least 4 members (excludes halogenated alkanes) is 3. The van der Waals surface area contributed by atoms with Gasteiger partial charge in [0.15, 0.2) is 11.4 Å². The van der Waals surface area contributed by atoms with Gasteiger partial charge in [-0.25, -0.2) is 0 Å². The van der Waals surface area contributed by atoms with Crippen LogP contribution in [0.25, 0.3) is 0 Å². The molecule has 0 aliphatic heterocycles. The second-order valence-corrected chi connectivity index (χ2v) is 7.24. The Balaban J connectivity index is 5.26. The van der Waals surface area contributed by atoms with E-state index in [1.165, 1.54) is 0 Å². The van der Waals surface area contributed by atoms with Crippen LogP contribution in [0.1, 0.15) is 59.3 Å². The van der Waals surface area contributed by atoms with E-state index in [2.05, 4.69) is 6.92 Å². The van der Waals surface area contributed by atoms with Crippen molar-refractivity contribution in [3.63, 3.8) is 0 Å². The fourth-order valence-electron chi connectivity index (χ4n) is 2.35. The number of carboxylic acid groups (broad SMARTS) is 1. The number of quaternary nitrogens is 1. The molecule has 1 atom stereocenters. The van der Waals surface area contributed by atoms with Gasteiger partial charge in [0.25, 0.3) is 0 Å². The molecule has 5 heteroatoms. The monoisotopic (exact) mass is 302 g/mol. The van der Waals surface area contributed by atoms with E-state index in [-0.39, 0.29) is 12.2 Å². The second kappa shape index (κ2) is 7.36. The number of aliphatic carboxylic acids is 1. The van der Waals surface area contributed by atoms with Gasteiger partial charge in [-0.3, -0.25) is 9.59 Å². The number of carbonyl (C=O) groups is 2. The van der Waals surface area contributed by atoms with Gasteiger partial charge in [0.05, 0.1) is 27.6 Å².